The molecule has 1 aromatic rings. The number of amides is 1. The van der Waals surface area contributed by atoms with Gasteiger partial charge in [0.05, 0.1) is 12.6 Å². The third-order valence-electron chi connectivity index (χ3n) is 3.31. The summed E-state index contributed by atoms with van der Waals surface area (Å²) in [5.41, 5.74) is 0. The molecule has 0 aliphatic carbocycles. The maximum absolute atomic E-state index is 12.2. The van der Waals surface area contributed by atoms with E-state index in [0.717, 1.165) is 6.54 Å². The van der Waals surface area contributed by atoms with Crippen molar-refractivity contribution in [2.75, 3.05) is 27.2 Å². The Hall–Kier alpha value is -1.47. The van der Waals surface area contributed by atoms with Crippen LogP contribution in [0.4, 0.5) is 0 Å². The SMILES string of the molecule is CN(C)CC1CC(O)CN1C(=O)CCn1cncn1. The molecule has 1 N–H and O–H groups in total. The van der Waals surface area contributed by atoms with Crippen LogP contribution < -0.4 is 0 Å². The van der Waals surface area contributed by atoms with E-state index in [4.69, 9.17) is 0 Å². The number of aliphatic hydroxyl groups is 1. The summed E-state index contributed by atoms with van der Waals surface area (Å²) in [6.07, 6.45) is 3.70. The van der Waals surface area contributed by atoms with Crippen LogP contribution >= 0.6 is 0 Å². The van der Waals surface area contributed by atoms with E-state index in [9.17, 15) is 9.90 Å². The highest BCUT2D eigenvalue weighted by atomic mass is 16.3. The molecule has 0 radical (unpaired) electrons. The highest BCUT2D eigenvalue weighted by molar-refractivity contribution is 5.76. The third-order valence-corrected chi connectivity index (χ3v) is 3.31. The van der Waals surface area contributed by atoms with Gasteiger partial charge in [0, 0.05) is 25.6 Å². The number of rotatable bonds is 5. The Morgan fingerprint density at radius 2 is 2.32 bits per heavy atom. The first kappa shape index (κ1) is 14.0. The number of carbonyl (C=O) groups is 1. The number of aromatic nitrogens is 3. The van der Waals surface area contributed by atoms with Gasteiger partial charge in [0.15, 0.2) is 0 Å². The fraction of sp³-hybridized carbons (Fsp3) is 0.750. The number of likely N-dealkylation sites (N-methyl/N-ethyl adjacent to an activating group) is 1. The van der Waals surface area contributed by atoms with Gasteiger partial charge in [-0.15, -0.1) is 0 Å². The molecule has 0 aromatic carbocycles. The van der Waals surface area contributed by atoms with Gasteiger partial charge in [0.1, 0.15) is 12.7 Å². The second-order valence-electron chi connectivity index (χ2n) is 5.26. The minimum atomic E-state index is -0.403. The van der Waals surface area contributed by atoms with Crippen LogP contribution in [0.1, 0.15) is 12.8 Å². The monoisotopic (exact) mass is 267 g/mol. The summed E-state index contributed by atoms with van der Waals surface area (Å²) < 4.78 is 1.64. The largest absolute Gasteiger partial charge is 0.391 e. The molecule has 19 heavy (non-hydrogen) atoms. The Labute approximate surface area is 112 Å². The molecule has 7 nitrogen and oxygen atoms in total. The summed E-state index contributed by atoms with van der Waals surface area (Å²) in [4.78, 5) is 19.9. The van der Waals surface area contributed by atoms with Gasteiger partial charge in [-0.05, 0) is 20.5 Å². The summed E-state index contributed by atoms with van der Waals surface area (Å²) in [5.74, 6) is 0.0684. The van der Waals surface area contributed by atoms with Gasteiger partial charge in [-0.2, -0.15) is 5.10 Å². The molecule has 1 aliphatic rings. The number of hydrogen-bond acceptors (Lipinski definition) is 5. The summed E-state index contributed by atoms with van der Waals surface area (Å²) in [5, 5.41) is 13.7. The van der Waals surface area contributed by atoms with Crippen molar-refractivity contribution in [2.45, 2.75) is 31.5 Å². The van der Waals surface area contributed by atoms with Crippen LogP contribution in [0.5, 0.6) is 0 Å². The van der Waals surface area contributed by atoms with Crippen LogP contribution in [-0.4, -0.2) is 74.9 Å². The van der Waals surface area contributed by atoms with Gasteiger partial charge in [0.25, 0.3) is 0 Å². The topological polar surface area (TPSA) is 74.5 Å². The van der Waals surface area contributed by atoms with Crippen molar-refractivity contribution in [1.29, 1.82) is 0 Å². The van der Waals surface area contributed by atoms with Crippen LogP contribution in [0.3, 0.4) is 0 Å². The van der Waals surface area contributed by atoms with Crippen molar-refractivity contribution in [3.8, 4) is 0 Å². The molecule has 0 spiro atoms. The standard InChI is InChI=1S/C12H21N5O2/c1-15(2)6-10-5-11(18)7-17(10)12(19)3-4-16-9-13-8-14-16/h8-11,18H,3-7H2,1-2H3. The zero-order valence-corrected chi connectivity index (χ0v) is 11.4. The van der Waals surface area contributed by atoms with Crippen molar-refractivity contribution >= 4 is 5.91 Å². The predicted octanol–water partition coefficient (Wildman–Crippen LogP) is -0.808. The lowest BCUT2D eigenvalue weighted by molar-refractivity contribution is -0.132. The molecule has 1 amide bonds. The van der Waals surface area contributed by atoms with E-state index in [0.29, 0.717) is 25.9 Å². The van der Waals surface area contributed by atoms with E-state index in [2.05, 4.69) is 10.1 Å². The Balaban J connectivity index is 1.89. The van der Waals surface area contributed by atoms with Crippen molar-refractivity contribution < 1.29 is 9.90 Å². The predicted molar refractivity (Wildman–Crippen MR) is 69.3 cm³/mol. The number of aliphatic hydroxyl groups excluding tert-OH is 1. The van der Waals surface area contributed by atoms with Crippen molar-refractivity contribution in [3.05, 3.63) is 12.7 Å². The lowest BCUT2D eigenvalue weighted by Crippen LogP contribution is -2.41. The lowest BCUT2D eigenvalue weighted by Gasteiger charge is -2.26. The maximum atomic E-state index is 12.2. The molecule has 0 bridgehead atoms. The fourth-order valence-electron chi connectivity index (χ4n) is 2.49. The quantitative estimate of drug-likeness (QED) is 0.755. The number of aryl methyl sites for hydroxylation is 1. The molecule has 106 valence electrons. The van der Waals surface area contributed by atoms with Gasteiger partial charge < -0.3 is 14.9 Å². The summed E-state index contributed by atoms with van der Waals surface area (Å²) in [6, 6.07) is 0.105. The molecule has 1 saturated heterocycles. The third kappa shape index (κ3) is 3.74. The van der Waals surface area contributed by atoms with E-state index >= 15 is 0 Å². The smallest absolute Gasteiger partial charge is 0.224 e. The average molecular weight is 267 g/mol. The van der Waals surface area contributed by atoms with Crippen molar-refractivity contribution in [2.24, 2.45) is 0 Å². The minimum Gasteiger partial charge on any atom is -0.391 e. The number of nitrogens with zero attached hydrogens (tertiary/aromatic N) is 5. The van der Waals surface area contributed by atoms with Gasteiger partial charge in [-0.1, -0.05) is 0 Å². The van der Waals surface area contributed by atoms with Crippen LogP contribution in [0, 0.1) is 0 Å². The van der Waals surface area contributed by atoms with Crippen molar-refractivity contribution in [1.82, 2.24) is 24.6 Å². The number of β-amino-alcohol motifs (C(OH)–C–C–N with tert-alkyl or cyclic N) is 1. The first-order chi connectivity index (χ1) is 9.06. The Morgan fingerprint density at radius 3 is 2.95 bits per heavy atom. The van der Waals surface area contributed by atoms with Crippen molar-refractivity contribution in [3.63, 3.8) is 0 Å². The second-order valence-corrected chi connectivity index (χ2v) is 5.26. The molecule has 1 aliphatic heterocycles. The van der Waals surface area contributed by atoms with Gasteiger partial charge in [-0.25, -0.2) is 4.98 Å². The molecule has 2 atom stereocenters. The van der Waals surface area contributed by atoms with E-state index < -0.39 is 6.10 Å². The maximum Gasteiger partial charge on any atom is 0.224 e. The number of likely N-dealkylation sites (tertiary alicyclic amines) is 1. The molecule has 2 heterocycles. The van der Waals surface area contributed by atoms with Crippen LogP contribution in [0.15, 0.2) is 12.7 Å². The average Bonchev–Trinajstić information content (AvgIpc) is 2.95. The Kier molecular flexibility index (Phi) is 4.49. The molecule has 0 saturated carbocycles. The molecule has 2 unspecified atom stereocenters. The molecule has 1 aromatic heterocycles. The molecule has 7 heteroatoms. The van der Waals surface area contributed by atoms with Crippen LogP contribution in [0.25, 0.3) is 0 Å². The summed E-state index contributed by atoms with van der Waals surface area (Å²) in [7, 11) is 3.95. The minimum absolute atomic E-state index is 0.0684. The lowest BCUT2D eigenvalue weighted by atomic mass is 10.2. The van der Waals surface area contributed by atoms with E-state index in [1.807, 2.05) is 19.0 Å². The summed E-state index contributed by atoms with van der Waals surface area (Å²) in [6.45, 7) is 1.75. The zero-order valence-electron chi connectivity index (χ0n) is 11.4. The van der Waals surface area contributed by atoms with E-state index in [-0.39, 0.29) is 11.9 Å². The first-order valence-corrected chi connectivity index (χ1v) is 6.51. The molecule has 2 rings (SSSR count). The fourth-order valence-corrected chi connectivity index (χ4v) is 2.49. The highest BCUT2D eigenvalue weighted by Crippen LogP contribution is 2.19. The van der Waals surface area contributed by atoms with Crippen LogP contribution in [-0.2, 0) is 11.3 Å². The first-order valence-electron chi connectivity index (χ1n) is 6.51. The molecular formula is C12H21N5O2. The summed E-state index contributed by atoms with van der Waals surface area (Å²) >= 11 is 0. The van der Waals surface area contributed by atoms with Gasteiger partial charge in [0.2, 0.25) is 5.91 Å². The van der Waals surface area contributed by atoms with Gasteiger partial charge in [-0.3, -0.25) is 9.48 Å². The zero-order chi connectivity index (χ0) is 13.8. The number of hydrogen-bond donors (Lipinski definition) is 1. The van der Waals surface area contributed by atoms with Gasteiger partial charge >= 0.3 is 0 Å². The van der Waals surface area contributed by atoms with Crippen LogP contribution in [0.2, 0.25) is 0 Å². The molecular weight excluding hydrogens is 246 g/mol. The Morgan fingerprint density at radius 1 is 1.53 bits per heavy atom. The highest BCUT2D eigenvalue weighted by Gasteiger charge is 2.33. The Bertz CT molecular complexity index is 406. The van der Waals surface area contributed by atoms with E-state index in [1.165, 1.54) is 6.33 Å². The van der Waals surface area contributed by atoms with E-state index in [1.54, 1.807) is 15.9 Å². The second kappa shape index (κ2) is 6.12. The normalized spacial score (nSPS) is 23.3. The number of carbonyl (C=O) groups excluding carboxylic acids is 1. The molecule has 1 fully saturated rings.